The maximum Gasteiger partial charge on any atom is 0.261 e. The number of rotatable bonds is 6. The van der Waals surface area contributed by atoms with E-state index in [2.05, 4.69) is 0 Å². The van der Waals surface area contributed by atoms with Gasteiger partial charge in [0.15, 0.2) is 0 Å². The summed E-state index contributed by atoms with van der Waals surface area (Å²) in [5.74, 6) is 0. The third kappa shape index (κ3) is 3.32. The molecule has 22 heavy (non-hydrogen) atoms. The minimum Gasteiger partial charge on any atom is -0.407 e. The van der Waals surface area contributed by atoms with Crippen molar-refractivity contribution in [2.24, 2.45) is 0 Å². The molecule has 0 saturated heterocycles. The predicted octanol–water partition coefficient (Wildman–Crippen LogP) is 2.95. The molecule has 0 amide bonds. The fourth-order valence-electron chi connectivity index (χ4n) is 2.77. The molecule has 1 N–H and O–H groups in total. The Morgan fingerprint density at radius 3 is 1.77 bits per heavy atom. The monoisotopic (exact) mass is 320 g/mol. The van der Waals surface area contributed by atoms with E-state index in [1.807, 2.05) is 81.4 Å². The lowest BCUT2D eigenvalue weighted by Crippen LogP contribution is -2.66. The Morgan fingerprint density at radius 1 is 0.955 bits per heavy atom. The van der Waals surface area contributed by atoms with Crippen molar-refractivity contribution in [3.05, 3.63) is 60.7 Å². The molecule has 0 aliphatic heterocycles. The Bertz CT molecular complexity index is 746. The van der Waals surface area contributed by atoms with Crippen LogP contribution < -0.4 is 10.4 Å². The summed E-state index contributed by atoms with van der Waals surface area (Å²) >= 11 is 0. The number of aliphatic hydroxyl groups is 1. The standard InChI is InChI=1S/C19H26O2Si/c1-19(2,3)22(21-16-10-15-20,17-11-6-4-7-12-17)18-13-8-5-9-14-18/h4-9,11-14,20H,10,15-16H2,1-3H3/i10D2,15D2,16D2. The Labute approximate surface area is 143 Å². The third-order valence-corrected chi connectivity index (χ3v) is 8.54. The summed E-state index contributed by atoms with van der Waals surface area (Å²) in [6.07, 6.45) is -3.30. The van der Waals surface area contributed by atoms with Gasteiger partial charge in [-0.15, -0.1) is 0 Å². The molecule has 0 heterocycles. The van der Waals surface area contributed by atoms with Gasteiger partial charge in [0, 0.05) is 15.9 Å². The predicted molar refractivity (Wildman–Crippen MR) is 95.3 cm³/mol. The van der Waals surface area contributed by atoms with Crippen LogP contribution in [0.5, 0.6) is 0 Å². The van der Waals surface area contributed by atoms with Gasteiger partial charge in [0.2, 0.25) is 0 Å². The van der Waals surface area contributed by atoms with E-state index in [4.69, 9.17) is 12.7 Å². The highest BCUT2D eigenvalue weighted by Gasteiger charge is 2.49. The van der Waals surface area contributed by atoms with Crippen molar-refractivity contribution in [3.63, 3.8) is 0 Å². The third-order valence-electron chi connectivity index (χ3n) is 3.73. The summed E-state index contributed by atoms with van der Waals surface area (Å²) in [5, 5.41) is 10.5. The number of hydrogen-bond donors (Lipinski definition) is 1. The maximum atomic E-state index is 9.68. The summed E-state index contributed by atoms with van der Waals surface area (Å²) in [7, 11) is -3.47. The van der Waals surface area contributed by atoms with Gasteiger partial charge in [-0.2, -0.15) is 0 Å². The van der Waals surface area contributed by atoms with Gasteiger partial charge in [0.1, 0.15) is 0 Å². The van der Waals surface area contributed by atoms with Crippen molar-refractivity contribution < 1.29 is 17.8 Å². The second kappa shape index (κ2) is 7.23. The van der Waals surface area contributed by atoms with Gasteiger partial charge in [-0.25, -0.2) is 0 Å². The van der Waals surface area contributed by atoms with Gasteiger partial charge >= 0.3 is 0 Å². The van der Waals surface area contributed by atoms with Crippen molar-refractivity contribution in [1.29, 1.82) is 0 Å². The van der Waals surface area contributed by atoms with Crippen LogP contribution in [0.2, 0.25) is 5.04 Å². The lowest BCUT2D eigenvalue weighted by molar-refractivity contribution is 0.226. The molecule has 2 rings (SSSR count). The summed E-state index contributed by atoms with van der Waals surface area (Å²) in [6.45, 7) is -0.826. The van der Waals surface area contributed by atoms with Crippen LogP contribution in [-0.4, -0.2) is 26.5 Å². The second-order valence-corrected chi connectivity index (χ2v) is 10.3. The van der Waals surface area contributed by atoms with Gasteiger partial charge in [-0.05, 0) is 21.8 Å². The van der Waals surface area contributed by atoms with E-state index in [0.29, 0.717) is 0 Å². The lowest BCUT2D eigenvalue weighted by Gasteiger charge is -2.43. The van der Waals surface area contributed by atoms with Gasteiger partial charge < -0.3 is 9.53 Å². The molecule has 0 saturated carbocycles. The molecule has 0 radical (unpaired) electrons. The highest BCUT2D eigenvalue weighted by atomic mass is 28.4. The first-order valence-corrected chi connectivity index (χ1v) is 9.11. The molecule has 0 aliphatic rings. The first kappa shape index (κ1) is 10.4. The molecule has 0 spiro atoms. The molecular formula is C19H26O2Si. The van der Waals surface area contributed by atoms with Crippen LogP contribution in [0.4, 0.5) is 0 Å². The van der Waals surface area contributed by atoms with E-state index in [-0.39, 0.29) is 0 Å². The summed E-state index contributed by atoms with van der Waals surface area (Å²) in [4.78, 5) is 0. The van der Waals surface area contributed by atoms with E-state index in [0.717, 1.165) is 10.4 Å². The van der Waals surface area contributed by atoms with Crippen molar-refractivity contribution in [2.75, 3.05) is 13.1 Å². The second-order valence-electron chi connectivity index (χ2n) is 6.10. The fourth-order valence-corrected chi connectivity index (χ4v) is 6.91. The number of benzene rings is 2. The average Bonchev–Trinajstić information content (AvgIpc) is 2.59. The Hall–Kier alpha value is -1.42. The van der Waals surface area contributed by atoms with E-state index in [1.54, 1.807) is 0 Å². The van der Waals surface area contributed by atoms with Crippen molar-refractivity contribution in [1.82, 2.24) is 0 Å². The van der Waals surface area contributed by atoms with Crippen molar-refractivity contribution in [2.45, 2.75) is 32.2 Å². The van der Waals surface area contributed by atoms with Crippen molar-refractivity contribution >= 4 is 18.7 Å². The zero-order valence-corrected chi connectivity index (χ0v) is 14.1. The highest BCUT2D eigenvalue weighted by Crippen LogP contribution is 2.36. The van der Waals surface area contributed by atoms with Crippen LogP contribution in [0, 0.1) is 0 Å². The first-order chi connectivity index (χ1) is 12.7. The van der Waals surface area contributed by atoms with E-state index in [1.165, 1.54) is 0 Å². The molecule has 3 heteroatoms. The molecule has 0 unspecified atom stereocenters. The normalized spacial score (nSPS) is 18.4. The van der Waals surface area contributed by atoms with Crippen LogP contribution in [0.15, 0.2) is 60.7 Å². The van der Waals surface area contributed by atoms with Crippen LogP contribution in [0.25, 0.3) is 0 Å². The molecule has 2 nitrogen and oxygen atoms in total. The fraction of sp³-hybridized carbons (Fsp3) is 0.368. The quantitative estimate of drug-likeness (QED) is 0.829. The number of hydrogen-bond acceptors (Lipinski definition) is 2. The van der Waals surface area contributed by atoms with Crippen LogP contribution in [-0.2, 0) is 4.43 Å². The molecule has 0 atom stereocenters. The zero-order chi connectivity index (χ0) is 21.4. The minimum atomic E-state index is -3.47. The highest BCUT2D eigenvalue weighted by molar-refractivity contribution is 6.99. The van der Waals surface area contributed by atoms with Crippen LogP contribution in [0.1, 0.15) is 35.4 Å². The Balaban J connectivity index is 2.79. The molecule has 0 aliphatic carbocycles. The molecule has 2 aromatic carbocycles. The summed E-state index contributed by atoms with van der Waals surface area (Å²) < 4.78 is 53.4. The van der Waals surface area contributed by atoms with Gasteiger partial charge in [0.25, 0.3) is 8.32 Å². The lowest BCUT2D eigenvalue weighted by atomic mass is 10.2. The molecule has 0 bridgehead atoms. The van der Waals surface area contributed by atoms with Gasteiger partial charge in [-0.3, -0.25) is 0 Å². The van der Waals surface area contributed by atoms with E-state index < -0.39 is 32.8 Å². The van der Waals surface area contributed by atoms with Crippen LogP contribution >= 0.6 is 0 Å². The summed E-state index contributed by atoms with van der Waals surface area (Å²) in [5.41, 5.74) is 0. The SMILES string of the molecule is [2H]C([2H])(O)C([2H])([2H])C([2H])([2H])O[Si](c1ccccc1)(c1ccccc1)C(C)(C)C. The Kier molecular flexibility index (Phi) is 3.41. The van der Waals surface area contributed by atoms with E-state index in [9.17, 15) is 5.11 Å². The average molecular weight is 321 g/mol. The van der Waals surface area contributed by atoms with Crippen LogP contribution in [0.3, 0.4) is 0 Å². The maximum absolute atomic E-state index is 9.68. The van der Waals surface area contributed by atoms with Gasteiger partial charge in [-0.1, -0.05) is 81.4 Å². The molecule has 0 aromatic heterocycles. The molecular weight excluding hydrogens is 288 g/mol. The van der Waals surface area contributed by atoms with Gasteiger partial charge in [0.05, 0.1) is 5.48 Å². The minimum absolute atomic E-state index is 0.624. The summed E-state index contributed by atoms with van der Waals surface area (Å²) in [6, 6.07) is 18.2. The van der Waals surface area contributed by atoms with E-state index >= 15 is 0 Å². The van der Waals surface area contributed by atoms with Crippen molar-refractivity contribution in [3.8, 4) is 0 Å². The molecule has 118 valence electrons. The largest absolute Gasteiger partial charge is 0.407 e. The Morgan fingerprint density at radius 2 is 1.41 bits per heavy atom. The molecule has 2 aromatic rings. The first-order valence-electron chi connectivity index (χ1n) is 10.2. The molecule has 0 fully saturated rings. The smallest absolute Gasteiger partial charge is 0.261 e. The zero-order valence-electron chi connectivity index (χ0n) is 19.1. The topological polar surface area (TPSA) is 29.5 Å².